The van der Waals surface area contributed by atoms with Crippen LogP contribution in [0.25, 0.3) is 0 Å². The predicted octanol–water partition coefficient (Wildman–Crippen LogP) is 1.07. The Labute approximate surface area is 95.8 Å². The van der Waals surface area contributed by atoms with Gasteiger partial charge >= 0.3 is 0 Å². The largest absolute Gasteiger partial charge is 0.746 e. The number of rotatable bonds is 2. The summed E-state index contributed by atoms with van der Waals surface area (Å²) in [5.41, 5.74) is -2.27. The molecule has 4 aliphatic carbocycles. The van der Waals surface area contributed by atoms with Gasteiger partial charge in [-0.2, -0.15) is 0 Å². The summed E-state index contributed by atoms with van der Waals surface area (Å²) < 4.78 is 33.1. The maximum absolute atomic E-state index is 11.0. The lowest BCUT2D eigenvalue weighted by Crippen LogP contribution is -2.53. The molecule has 0 saturated heterocycles. The zero-order valence-electron chi connectivity index (χ0n) is 9.13. The van der Waals surface area contributed by atoms with Crippen LogP contribution in [0.5, 0.6) is 0 Å². The third-order valence-corrected chi connectivity index (χ3v) is 5.93. The van der Waals surface area contributed by atoms with Crippen molar-refractivity contribution in [2.75, 3.05) is 0 Å². The molecule has 4 bridgehead atoms. The van der Waals surface area contributed by atoms with E-state index in [-0.39, 0.29) is 0 Å². The molecule has 0 unspecified atom stereocenters. The Morgan fingerprint density at radius 2 is 1.44 bits per heavy atom. The Bertz CT molecular complexity index is 365. The van der Waals surface area contributed by atoms with Crippen LogP contribution in [0.3, 0.4) is 0 Å². The molecule has 0 heterocycles. The van der Waals surface area contributed by atoms with Crippen molar-refractivity contribution in [2.45, 2.75) is 44.0 Å². The number of aliphatic hydroxyl groups excluding tert-OH is 1. The number of hydrogen-bond acceptors (Lipinski definition) is 4. The third-order valence-electron chi connectivity index (χ3n) is 4.88. The van der Waals surface area contributed by atoms with Gasteiger partial charge in [0, 0.05) is 5.41 Å². The minimum absolute atomic E-state index is 0.544. The molecule has 0 radical (unpaired) electrons. The Hall–Kier alpha value is -0.130. The summed E-state index contributed by atoms with van der Waals surface area (Å²) in [6.45, 7) is 0. The average Bonchev–Trinajstić information content (AvgIpc) is 2.12. The van der Waals surface area contributed by atoms with E-state index in [1.54, 1.807) is 0 Å². The first-order valence-corrected chi connectivity index (χ1v) is 7.49. The Morgan fingerprint density at radius 3 is 1.75 bits per heavy atom. The average molecular weight is 245 g/mol. The molecule has 4 saturated carbocycles. The van der Waals surface area contributed by atoms with E-state index in [4.69, 9.17) is 0 Å². The normalized spacial score (nSPS) is 48.2. The second-order valence-electron chi connectivity index (χ2n) is 6.13. The van der Waals surface area contributed by atoms with Crippen LogP contribution >= 0.6 is 0 Å². The summed E-state index contributed by atoms with van der Waals surface area (Å²) in [6, 6.07) is 0. The second-order valence-corrected chi connectivity index (χ2v) is 7.56. The maximum atomic E-state index is 11.0. The van der Waals surface area contributed by atoms with Gasteiger partial charge in [0.2, 0.25) is 0 Å². The molecule has 0 amide bonds. The molecular formula is C11H17O4S-. The van der Waals surface area contributed by atoms with Crippen LogP contribution in [0, 0.1) is 23.2 Å². The lowest BCUT2D eigenvalue weighted by Gasteiger charge is -2.58. The highest BCUT2D eigenvalue weighted by Gasteiger charge is 2.55. The van der Waals surface area contributed by atoms with E-state index in [1.165, 1.54) is 19.3 Å². The van der Waals surface area contributed by atoms with Crippen molar-refractivity contribution in [1.82, 2.24) is 0 Å². The molecule has 4 fully saturated rings. The molecule has 0 spiro atoms. The van der Waals surface area contributed by atoms with E-state index in [9.17, 15) is 18.1 Å². The van der Waals surface area contributed by atoms with Crippen LogP contribution in [0.1, 0.15) is 38.5 Å². The Kier molecular flexibility index (Phi) is 2.20. The van der Waals surface area contributed by atoms with Gasteiger partial charge in [-0.1, -0.05) is 0 Å². The minimum Gasteiger partial charge on any atom is -0.746 e. The number of hydrogen-bond donors (Lipinski definition) is 1. The van der Waals surface area contributed by atoms with Gasteiger partial charge in [0.05, 0.1) is 0 Å². The summed E-state index contributed by atoms with van der Waals surface area (Å²) >= 11 is 0. The predicted molar refractivity (Wildman–Crippen MR) is 56.3 cm³/mol. The highest BCUT2D eigenvalue weighted by Crippen LogP contribution is 2.61. The topological polar surface area (TPSA) is 77.4 Å². The molecule has 92 valence electrons. The monoisotopic (exact) mass is 245 g/mol. The van der Waals surface area contributed by atoms with Gasteiger partial charge in [-0.15, -0.1) is 0 Å². The van der Waals surface area contributed by atoms with Crippen molar-refractivity contribution in [3.63, 3.8) is 0 Å². The van der Waals surface area contributed by atoms with Gasteiger partial charge in [0.25, 0.3) is 0 Å². The van der Waals surface area contributed by atoms with Gasteiger partial charge in [-0.3, -0.25) is 0 Å². The quantitative estimate of drug-likeness (QED) is 0.738. The first-order valence-electron chi connectivity index (χ1n) is 6.02. The fraction of sp³-hybridized carbons (Fsp3) is 1.00. The SMILES string of the molecule is O=S(=O)([O-])[C@H](O)C12CC3CC(CC(C3)C1)C2. The summed E-state index contributed by atoms with van der Waals surface area (Å²) in [7, 11) is -4.56. The molecule has 4 rings (SSSR count). The summed E-state index contributed by atoms with van der Waals surface area (Å²) in [5.74, 6) is 1.63. The van der Waals surface area contributed by atoms with Gasteiger partial charge < -0.3 is 9.66 Å². The molecule has 16 heavy (non-hydrogen) atoms. The summed E-state index contributed by atoms with van der Waals surface area (Å²) in [5, 5.41) is 9.85. The first kappa shape index (κ1) is 11.0. The molecule has 1 N–H and O–H groups in total. The second kappa shape index (κ2) is 3.21. The van der Waals surface area contributed by atoms with Crippen molar-refractivity contribution in [2.24, 2.45) is 23.2 Å². The molecular weight excluding hydrogens is 228 g/mol. The minimum atomic E-state index is -4.56. The lowest BCUT2D eigenvalue weighted by atomic mass is 9.50. The van der Waals surface area contributed by atoms with Crippen molar-refractivity contribution in [1.29, 1.82) is 0 Å². The Morgan fingerprint density at radius 1 is 1.06 bits per heavy atom. The van der Waals surface area contributed by atoms with Gasteiger partial charge in [-0.05, 0) is 56.3 Å². The molecule has 0 aromatic rings. The molecule has 4 nitrogen and oxygen atoms in total. The van der Waals surface area contributed by atoms with E-state index >= 15 is 0 Å². The first-order chi connectivity index (χ1) is 7.39. The van der Waals surface area contributed by atoms with E-state index in [1.807, 2.05) is 0 Å². The maximum Gasteiger partial charge on any atom is 0.149 e. The van der Waals surface area contributed by atoms with E-state index in [0.717, 1.165) is 19.3 Å². The molecule has 5 heteroatoms. The molecule has 0 aromatic carbocycles. The third kappa shape index (κ3) is 1.52. The van der Waals surface area contributed by atoms with Crippen LogP contribution in [-0.4, -0.2) is 23.5 Å². The smallest absolute Gasteiger partial charge is 0.149 e. The van der Waals surface area contributed by atoms with E-state index < -0.39 is 21.0 Å². The van der Waals surface area contributed by atoms with Crippen molar-refractivity contribution < 1.29 is 18.1 Å². The molecule has 0 aromatic heterocycles. The lowest BCUT2D eigenvalue weighted by molar-refractivity contribution is -0.0956. The fourth-order valence-electron chi connectivity index (χ4n) is 4.79. The van der Waals surface area contributed by atoms with Crippen molar-refractivity contribution in [3.8, 4) is 0 Å². The van der Waals surface area contributed by atoms with Crippen molar-refractivity contribution in [3.05, 3.63) is 0 Å². The van der Waals surface area contributed by atoms with E-state index in [2.05, 4.69) is 0 Å². The van der Waals surface area contributed by atoms with Gasteiger partial charge in [-0.25, -0.2) is 8.42 Å². The Balaban J connectivity index is 1.94. The zero-order chi connectivity index (χ0) is 11.6. The molecule has 1 atom stereocenters. The zero-order valence-corrected chi connectivity index (χ0v) is 9.95. The van der Waals surface area contributed by atoms with Crippen LogP contribution in [-0.2, 0) is 10.1 Å². The van der Waals surface area contributed by atoms with Crippen LogP contribution in [0.2, 0.25) is 0 Å². The van der Waals surface area contributed by atoms with Crippen LogP contribution < -0.4 is 0 Å². The molecule has 0 aliphatic heterocycles. The summed E-state index contributed by atoms with van der Waals surface area (Å²) in [6.07, 6.45) is 5.73. The fourth-order valence-corrected chi connectivity index (χ4v) is 5.69. The van der Waals surface area contributed by atoms with Crippen LogP contribution in [0.4, 0.5) is 0 Å². The molecule has 4 aliphatic rings. The highest BCUT2D eigenvalue weighted by molar-refractivity contribution is 7.86. The standard InChI is InChI=1S/C11H18O4S/c12-10(16(13,14)15)11-4-7-1-8(5-11)3-9(2-7)6-11/h7-10,12H,1-6H2,(H,13,14,15)/p-1/t7?,8?,9?,10-,11?/m0/s1. The summed E-state index contributed by atoms with van der Waals surface area (Å²) in [4.78, 5) is 0. The highest BCUT2D eigenvalue weighted by atomic mass is 32.2. The van der Waals surface area contributed by atoms with Crippen LogP contribution in [0.15, 0.2) is 0 Å². The van der Waals surface area contributed by atoms with E-state index in [0.29, 0.717) is 17.8 Å². The van der Waals surface area contributed by atoms with Gasteiger partial charge in [0.15, 0.2) is 0 Å². The van der Waals surface area contributed by atoms with Gasteiger partial charge in [0.1, 0.15) is 15.6 Å². The van der Waals surface area contributed by atoms with Crippen molar-refractivity contribution >= 4 is 10.1 Å². The number of aliphatic hydroxyl groups is 1.